The van der Waals surface area contributed by atoms with Crippen LogP contribution in [0, 0.1) is 0 Å². The lowest BCUT2D eigenvalue weighted by molar-refractivity contribution is -0.160. The lowest BCUT2D eigenvalue weighted by Crippen LogP contribution is -2.52. The highest BCUT2D eigenvalue weighted by atomic mass is 16.5. The maximum Gasteiger partial charge on any atom is 0.323 e. The van der Waals surface area contributed by atoms with Gasteiger partial charge in [-0.05, 0) is 52.0 Å². The first-order valence-electron chi connectivity index (χ1n) is 7.78. The second kappa shape index (κ2) is 7.07. The Morgan fingerprint density at radius 3 is 2.40 bits per heavy atom. The summed E-state index contributed by atoms with van der Waals surface area (Å²) in [6.45, 7) is 2.43. The van der Waals surface area contributed by atoms with Crippen molar-refractivity contribution in [3.63, 3.8) is 0 Å². The maximum atomic E-state index is 12.2. The third kappa shape index (κ3) is 3.72. The van der Waals surface area contributed by atoms with Crippen molar-refractivity contribution >= 4 is 11.9 Å². The number of likely N-dealkylation sites (tertiary alicyclic amines) is 1. The van der Waals surface area contributed by atoms with Crippen molar-refractivity contribution in [2.75, 3.05) is 6.54 Å². The van der Waals surface area contributed by atoms with Crippen LogP contribution in [0.2, 0.25) is 0 Å². The molecule has 0 aromatic heterocycles. The molecule has 2 atom stereocenters. The number of piperidine rings is 1. The molecule has 2 aliphatic rings. The first-order valence-corrected chi connectivity index (χ1v) is 7.78. The Balaban J connectivity index is 1.92. The first kappa shape index (κ1) is 15.3. The zero-order chi connectivity index (χ0) is 14.5. The zero-order valence-electron chi connectivity index (χ0n) is 12.2. The number of hydrogen-bond donors (Lipinski definition) is 1. The minimum Gasteiger partial charge on any atom is -0.480 e. The average Bonchev–Trinajstić information content (AvgIpc) is 2.47. The topological polar surface area (TPSA) is 66.8 Å². The van der Waals surface area contributed by atoms with E-state index in [0.29, 0.717) is 13.0 Å². The summed E-state index contributed by atoms with van der Waals surface area (Å²) in [7, 11) is 0. The number of aliphatic carboxylic acids is 1. The highest BCUT2D eigenvalue weighted by Gasteiger charge is 2.35. The summed E-state index contributed by atoms with van der Waals surface area (Å²) in [5, 5.41) is 9.27. The molecule has 2 unspecified atom stereocenters. The van der Waals surface area contributed by atoms with Gasteiger partial charge in [-0.25, -0.2) is 0 Å². The van der Waals surface area contributed by atoms with E-state index in [1.54, 1.807) is 11.8 Å². The summed E-state index contributed by atoms with van der Waals surface area (Å²) < 4.78 is 5.56. The monoisotopic (exact) mass is 283 g/mol. The third-order valence-electron chi connectivity index (χ3n) is 4.50. The predicted molar refractivity (Wildman–Crippen MR) is 74.4 cm³/mol. The molecule has 1 saturated carbocycles. The van der Waals surface area contributed by atoms with Gasteiger partial charge in [0.1, 0.15) is 18.2 Å². The Hall–Kier alpha value is -1.10. The molecule has 20 heavy (non-hydrogen) atoms. The quantitative estimate of drug-likeness (QED) is 0.801. The molecule has 0 aromatic rings. The minimum atomic E-state index is -0.831. The van der Waals surface area contributed by atoms with E-state index in [1.165, 1.54) is 6.42 Å². The Kier molecular flexibility index (Phi) is 5.40. The summed E-state index contributed by atoms with van der Waals surface area (Å²) >= 11 is 0. The molecule has 1 saturated heterocycles. The van der Waals surface area contributed by atoms with Crippen LogP contribution in [0.1, 0.15) is 58.3 Å². The predicted octanol–water partition coefficient (Wildman–Crippen LogP) is 2.19. The summed E-state index contributed by atoms with van der Waals surface area (Å²) in [4.78, 5) is 25.3. The van der Waals surface area contributed by atoms with Gasteiger partial charge in [-0.2, -0.15) is 0 Å². The van der Waals surface area contributed by atoms with Crippen LogP contribution < -0.4 is 0 Å². The second-order valence-electron chi connectivity index (χ2n) is 5.96. The van der Waals surface area contributed by atoms with Gasteiger partial charge in [0.25, 0.3) is 0 Å². The van der Waals surface area contributed by atoms with E-state index in [4.69, 9.17) is 4.74 Å². The maximum absolute atomic E-state index is 12.2. The standard InChI is InChI=1S/C15H25NO4/c1-11(15(19)20-12-7-3-2-4-8-12)16-10-6-5-9-13(16)14(17)18/h11-13H,2-10H2,1H3,(H,17,18). The van der Waals surface area contributed by atoms with Gasteiger partial charge in [-0.3, -0.25) is 14.5 Å². The number of ether oxygens (including phenoxy) is 1. The lowest BCUT2D eigenvalue weighted by Gasteiger charge is -2.36. The Morgan fingerprint density at radius 1 is 1.10 bits per heavy atom. The fourth-order valence-corrected chi connectivity index (χ4v) is 3.26. The summed E-state index contributed by atoms with van der Waals surface area (Å²) in [6, 6.07) is -1.00. The molecule has 2 fully saturated rings. The molecular formula is C15H25NO4. The number of carbonyl (C=O) groups excluding carboxylic acids is 1. The van der Waals surface area contributed by atoms with Gasteiger partial charge < -0.3 is 9.84 Å². The number of hydrogen-bond acceptors (Lipinski definition) is 4. The number of carbonyl (C=O) groups is 2. The van der Waals surface area contributed by atoms with Crippen LogP contribution in [-0.4, -0.2) is 46.7 Å². The molecule has 1 aliphatic carbocycles. The molecule has 0 amide bonds. The minimum absolute atomic E-state index is 0.0340. The number of carboxylic acid groups (broad SMARTS) is 1. The van der Waals surface area contributed by atoms with Crippen LogP contribution in [0.25, 0.3) is 0 Å². The molecule has 5 nitrogen and oxygen atoms in total. The summed E-state index contributed by atoms with van der Waals surface area (Å²) in [5.41, 5.74) is 0. The van der Waals surface area contributed by atoms with Crippen molar-refractivity contribution in [3.8, 4) is 0 Å². The van der Waals surface area contributed by atoms with Crippen LogP contribution in [0.5, 0.6) is 0 Å². The molecule has 114 valence electrons. The van der Waals surface area contributed by atoms with Crippen molar-refractivity contribution in [3.05, 3.63) is 0 Å². The average molecular weight is 283 g/mol. The van der Waals surface area contributed by atoms with Gasteiger partial charge in [0.2, 0.25) is 0 Å². The Labute approximate surface area is 120 Å². The molecule has 1 N–H and O–H groups in total. The Morgan fingerprint density at radius 2 is 1.75 bits per heavy atom. The third-order valence-corrected chi connectivity index (χ3v) is 4.50. The number of esters is 1. The molecule has 1 aliphatic heterocycles. The molecule has 0 spiro atoms. The van der Waals surface area contributed by atoms with Crippen LogP contribution in [0.4, 0.5) is 0 Å². The van der Waals surface area contributed by atoms with Crippen molar-refractivity contribution in [2.45, 2.75) is 76.5 Å². The van der Waals surface area contributed by atoms with Gasteiger partial charge in [-0.15, -0.1) is 0 Å². The van der Waals surface area contributed by atoms with E-state index < -0.39 is 18.1 Å². The van der Waals surface area contributed by atoms with Crippen LogP contribution in [0.3, 0.4) is 0 Å². The number of nitrogens with zero attached hydrogens (tertiary/aromatic N) is 1. The Bertz CT molecular complexity index is 352. The van der Waals surface area contributed by atoms with Gasteiger partial charge in [0.05, 0.1) is 0 Å². The van der Waals surface area contributed by atoms with Crippen LogP contribution in [0.15, 0.2) is 0 Å². The van der Waals surface area contributed by atoms with Crippen LogP contribution >= 0.6 is 0 Å². The smallest absolute Gasteiger partial charge is 0.323 e. The second-order valence-corrected chi connectivity index (χ2v) is 5.96. The molecule has 0 radical (unpaired) electrons. The zero-order valence-corrected chi connectivity index (χ0v) is 12.2. The lowest BCUT2D eigenvalue weighted by atomic mass is 9.97. The van der Waals surface area contributed by atoms with E-state index in [0.717, 1.165) is 38.5 Å². The molecular weight excluding hydrogens is 258 g/mol. The van der Waals surface area contributed by atoms with E-state index in [2.05, 4.69) is 0 Å². The van der Waals surface area contributed by atoms with Crippen molar-refractivity contribution in [2.24, 2.45) is 0 Å². The van der Waals surface area contributed by atoms with Gasteiger partial charge in [-0.1, -0.05) is 12.8 Å². The molecule has 1 heterocycles. The van der Waals surface area contributed by atoms with Gasteiger partial charge in [0.15, 0.2) is 0 Å². The van der Waals surface area contributed by atoms with E-state index in [9.17, 15) is 14.7 Å². The molecule has 0 aromatic carbocycles. The van der Waals surface area contributed by atoms with Crippen LogP contribution in [-0.2, 0) is 14.3 Å². The largest absolute Gasteiger partial charge is 0.480 e. The summed E-state index contributed by atoms with van der Waals surface area (Å²) in [6.07, 6.45) is 7.87. The first-order chi connectivity index (χ1) is 9.59. The van der Waals surface area contributed by atoms with Crippen molar-refractivity contribution < 1.29 is 19.4 Å². The normalized spacial score (nSPS) is 26.9. The number of carboxylic acids is 1. The van der Waals surface area contributed by atoms with E-state index >= 15 is 0 Å². The SMILES string of the molecule is CC(C(=O)OC1CCCCC1)N1CCCCC1C(=O)O. The highest BCUT2D eigenvalue weighted by molar-refractivity contribution is 5.78. The van der Waals surface area contributed by atoms with Crippen molar-refractivity contribution in [1.82, 2.24) is 4.90 Å². The fourth-order valence-electron chi connectivity index (χ4n) is 3.26. The van der Waals surface area contributed by atoms with E-state index in [-0.39, 0.29) is 12.1 Å². The molecule has 2 rings (SSSR count). The van der Waals surface area contributed by atoms with Crippen molar-refractivity contribution in [1.29, 1.82) is 0 Å². The molecule has 0 bridgehead atoms. The fraction of sp³-hybridized carbons (Fsp3) is 0.867. The molecule has 5 heteroatoms. The highest BCUT2D eigenvalue weighted by Crippen LogP contribution is 2.23. The van der Waals surface area contributed by atoms with E-state index in [1.807, 2.05) is 0 Å². The number of rotatable bonds is 4. The van der Waals surface area contributed by atoms with Gasteiger partial charge >= 0.3 is 11.9 Å². The summed E-state index contributed by atoms with van der Waals surface area (Å²) in [5.74, 6) is -1.09. The van der Waals surface area contributed by atoms with Gasteiger partial charge in [0, 0.05) is 0 Å².